The van der Waals surface area contributed by atoms with Crippen LogP contribution in [-0.4, -0.2) is 16.3 Å². The van der Waals surface area contributed by atoms with Crippen molar-refractivity contribution >= 4 is 6.29 Å². The van der Waals surface area contributed by atoms with Crippen LogP contribution in [-0.2, 0) is 0 Å². The number of nitrogens with zero attached hydrogens (tertiary/aromatic N) is 2. The maximum atomic E-state index is 13.5. The van der Waals surface area contributed by atoms with Crippen LogP contribution < -0.4 is 0 Å². The fraction of sp³-hybridized carbons (Fsp3) is 0.0833. The summed E-state index contributed by atoms with van der Waals surface area (Å²) in [5, 5.41) is 0. The van der Waals surface area contributed by atoms with Crippen LogP contribution in [0.15, 0.2) is 30.7 Å². The zero-order valence-electron chi connectivity index (χ0n) is 8.64. The lowest BCUT2D eigenvalue weighted by Crippen LogP contribution is -1.94. The van der Waals surface area contributed by atoms with Gasteiger partial charge in [0.1, 0.15) is 5.82 Å². The Morgan fingerprint density at radius 3 is 2.81 bits per heavy atom. The maximum absolute atomic E-state index is 13.5. The molecule has 80 valence electrons. The molecule has 0 aliphatic rings. The van der Waals surface area contributed by atoms with Crippen LogP contribution in [0.4, 0.5) is 4.39 Å². The Kier molecular flexibility index (Phi) is 2.72. The van der Waals surface area contributed by atoms with E-state index < -0.39 is 5.82 Å². The van der Waals surface area contributed by atoms with E-state index in [0.29, 0.717) is 23.0 Å². The first-order valence-electron chi connectivity index (χ1n) is 4.74. The third kappa shape index (κ3) is 1.82. The summed E-state index contributed by atoms with van der Waals surface area (Å²) in [7, 11) is 0. The standard InChI is InChI=1S/C12H9FN2O/c1-8-4-9(7-16)11(5-15-8)10-2-3-14-6-12(10)13/h2-7H,1H3. The first-order valence-corrected chi connectivity index (χ1v) is 4.74. The van der Waals surface area contributed by atoms with Crippen molar-refractivity contribution in [3.05, 3.63) is 47.8 Å². The van der Waals surface area contributed by atoms with E-state index in [1.54, 1.807) is 13.0 Å². The highest BCUT2D eigenvalue weighted by atomic mass is 19.1. The lowest BCUT2D eigenvalue weighted by atomic mass is 10.0. The molecule has 0 radical (unpaired) electrons. The van der Waals surface area contributed by atoms with E-state index in [4.69, 9.17) is 0 Å². The van der Waals surface area contributed by atoms with E-state index in [1.807, 2.05) is 0 Å². The van der Waals surface area contributed by atoms with Crippen molar-refractivity contribution < 1.29 is 9.18 Å². The predicted molar refractivity (Wildman–Crippen MR) is 57.6 cm³/mol. The molecule has 2 aromatic rings. The van der Waals surface area contributed by atoms with Crippen LogP contribution >= 0.6 is 0 Å². The highest BCUT2D eigenvalue weighted by Crippen LogP contribution is 2.24. The number of carbonyl (C=O) groups excluding carboxylic acids is 1. The fourth-order valence-electron chi connectivity index (χ4n) is 1.50. The van der Waals surface area contributed by atoms with Crippen molar-refractivity contribution in [2.24, 2.45) is 0 Å². The Hall–Kier alpha value is -2.10. The van der Waals surface area contributed by atoms with Gasteiger partial charge in [-0.05, 0) is 19.1 Å². The third-order valence-corrected chi connectivity index (χ3v) is 2.26. The van der Waals surface area contributed by atoms with Crippen molar-refractivity contribution in [2.45, 2.75) is 6.92 Å². The fourth-order valence-corrected chi connectivity index (χ4v) is 1.50. The minimum atomic E-state index is -0.462. The summed E-state index contributed by atoms with van der Waals surface area (Å²) in [6, 6.07) is 3.15. The molecule has 0 atom stereocenters. The molecule has 0 N–H and O–H groups in total. The SMILES string of the molecule is Cc1cc(C=O)c(-c2ccncc2F)cn1. The minimum Gasteiger partial charge on any atom is -0.298 e. The summed E-state index contributed by atoms with van der Waals surface area (Å²) in [6.45, 7) is 1.78. The lowest BCUT2D eigenvalue weighted by molar-refractivity contribution is 0.112. The van der Waals surface area contributed by atoms with Gasteiger partial charge in [0.15, 0.2) is 6.29 Å². The number of carbonyl (C=O) groups is 1. The molecule has 0 amide bonds. The first kappa shape index (κ1) is 10.4. The van der Waals surface area contributed by atoms with Crippen molar-refractivity contribution in [2.75, 3.05) is 0 Å². The van der Waals surface area contributed by atoms with Gasteiger partial charge in [0.05, 0.1) is 6.20 Å². The van der Waals surface area contributed by atoms with E-state index in [1.165, 1.54) is 18.5 Å². The van der Waals surface area contributed by atoms with Crippen LogP contribution in [0, 0.1) is 12.7 Å². The number of hydrogen-bond donors (Lipinski definition) is 0. The van der Waals surface area contributed by atoms with E-state index in [-0.39, 0.29) is 0 Å². The number of halogens is 1. The molecule has 0 bridgehead atoms. The van der Waals surface area contributed by atoms with Gasteiger partial charge in [0.2, 0.25) is 0 Å². The smallest absolute Gasteiger partial charge is 0.150 e. The Morgan fingerprint density at radius 2 is 2.12 bits per heavy atom. The van der Waals surface area contributed by atoms with Gasteiger partial charge in [-0.25, -0.2) is 4.39 Å². The molecule has 0 saturated carbocycles. The van der Waals surface area contributed by atoms with E-state index in [9.17, 15) is 9.18 Å². The highest BCUT2D eigenvalue weighted by Gasteiger charge is 2.09. The number of hydrogen-bond acceptors (Lipinski definition) is 3. The molecule has 0 aromatic carbocycles. The van der Waals surface area contributed by atoms with Crippen LogP contribution in [0.5, 0.6) is 0 Å². The maximum Gasteiger partial charge on any atom is 0.150 e. The quantitative estimate of drug-likeness (QED) is 0.724. The van der Waals surface area contributed by atoms with Crippen LogP contribution in [0.2, 0.25) is 0 Å². The predicted octanol–water partition coefficient (Wildman–Crippen LogP) is 2.40. The molecule has 0 aliphatic carbocycles. The van der Waals surface area contributed by atoms with Crippen molar-refractivity contribution in [3.8, 4) is 11.1 Å². The molecule has 0 saturated heterocycles. The summed E-state index contributed by atoms with van der Waals surface area (Å²) >= 11 is 0. The second-order valence-electron chi connectivity index (χ2n) is 3.39. The lowest BCUT2D eigenvalue weighted by Gasteiger charge is -2.05. The molecule has 2 heterocycles. The Labute approximate surface area is 92.0 Å². The largest absolute Gasteiger partial charge is 0.298 e. The second kappa shape index (κ2) is 4.18. The molecule has 0 aliphatic heterocycles. The monoisotopic (exact) mass is 216 g/mol. The Morgan fingerprint density at radius 1 is 1.31 bits per heavy atom. The number of aromatic nitrogens is 2. The number of aldehydes is 1. The normalized spacial score (nSPS) is 10.1. The van der Waals surface area contributed by atoms with Gasteiger partial charge in [-0.3, -0.25) is 14.8 Å². The van der Waals surface area contributed by atoms with Gasteiger partial charge in [0.25, 0.3) is 0 Å². The van der Waals surface area contributed by atoms with Crippen LogP contribution in [0.3, 0.4) is 0 Å². The number of rotatable bonds is 2. The van der Waals surface area contributed by atoms with E-state index in [0.717, 1.165) is 11.9 Å². The van der Waals surface area contributed by atoms with Gasteiger partial charge < -0.3 is 0 Å². The summed E-state index contributed by atoms with van der Waals surface area (Å²) in [5.41, 5.74) is 1.98. The Balaban J connectivity index is 2.65. The Bertz CT molecular complexity index is 540. The van der Waals surface area contributed by atoms with Gasteiger partial charge >= 0.3 is 0 Å². The summed E-state index contributed by atoms with van der Waals surface area (Å²) in [6.07, 6.45) is 4.79. The summed E-state index contributed by atoms with van der Waals surface area (Å²) < 4.78 is 13.5. The molecular weight excluding hydrogens is 207 g/mol. The van der Waals surface area contributed by atoms with Gasteiger partial charge in [-0.15, -0.1) is 0 Å². The van der Waals surface area contributed by atoms with Crippen molar-refractivity contribution in [3.63, 3.8) is 0 Å². The molecular formula is C12H9FN2O. The van der Waals surface area contributed by atoms with Crippen molar-refractivity contribution in [1.82, 2.24) is 9.97 Å². The first-order chi connectivity index (χ1) is 7.72. The molecule has 2 rings (SSSR count). The summed E-state index contributed by atoms with van der Waals surface area (Å²) in [4.78, 5) is 18.6. The zero-order chi connectivity index (χ0) is 11.5. The molecule has 2 aromatic heterocycles. The molecule has 0 unspecified atom stereocenters. The third-order valence-electron chi connectivity index (χ3n) is 2.26. The van der Waals surface area contributed by atoms with Gasteiger partial charge in [0, 0.05) is 34.8 Å². The molecule has 0 fully saturated rings. The molecule has 4 heteroatoms. The van der Waals surface area contributed by atoms with E-state index in [2.05, 4.69) is 9.97 Å². The number of pyridine rings is 2. The minimum absolute atomic E-state index is 0.338. The summed E-state index contributed by atoms with van der Waals surface area (Å²) in [5.74, 6) is -0.462. The average Bonchev–Trinajstić information content (AvgIpc) is 2.30. The highest BCUT2D eigenvalue weighted by molar-refractivity contribution is 5.87. The second-order valence-corrected chi connectivity index (χ2v) is 3.39. The number of aryl methyl sites for hydroxylation is 1. The zero-order valence-corrected chi connectivity index (χ0v) is 8.64. The topological polar surface area (TPSA) is 42.9 Å². The van der Waals surface area contributed by atoms with Gasteiger partial charge in [-0.2, -0.15) is 0 Å². The average molecular weight is 216 g/mol. The van der Waals surface area contributed by atoms with Gasteiger partial charge in [-0.1, -0.05) is 0 Å². The van der Waals surface area contributed by atoms with Crippen molar-refractivity contribution in [1.29, 1.82) is 0 Å². The van der Waals surface area contributed by atoms with Crippen LogP contribution in [0.1, 0.15) is 16.1 Å². The molecule has 0 spiro atoms. The molecule has 16 heavy (non-hydrogen) atoms. The van der Waals surface area contributed by atoms with Crippen LogP contribution in [0.25, 0.3) is 11.1 Å². The van der Waals surface area contributed by atoms with E-state index >= 15 is 0 Å². The molecule has 3 nitrogen and oxygen atoms in total.